The van der Waals surface area contributed by atoms with Crippen LogP contribution in [-0.2, 0) is 13.0 Å². The van der Waals surface area contributed by atoms with Gasteiger partial charge in [0.1, 0.15) is 5.82 Å². The Labute approximate surface area is 170 Å². The third-order valence-electron chi connectivity index (χ3n) is 6.11. The quantitative estimate of drug-likeness (QED) is 0.506. The average Bonchev–Trinajstić information content (AvgIpc) is 3.28. The molecule has 1 aromatic carbocycles. The van der Waals surface area contributed by atoms with Gasteiger partial charge < -0.3 is 10.7 Å². The number of nitrogens with zero attached hydrogens (tertiary/aromatic N) is 4. The Balaban J connectivity index is 1.62. The number of H-pyrrole nitrogens is 1. The zero-order chi connectivity index (χ0) is 20.0. The van der Waals surface area contributed by atoms with Crippen molar-refractivity contribution < 1.29 is 0 Å². The van der Waals surface area contributed by atoms with Gasteiger partial charge in [0, 0.05) is 30.0 Å². The number of aromatic amines is 1. The molecule has 6 heteroatoms. The number of aryl methyl sites for hydroxylation is 2. The van der Waals surface area contributed by atoms with E-state index in [-0.39, 0.29) is 6.04 Å². The second-order valence-corrected chi connectivity index (χ2v) is 7.87. The number of pyridine rings is 1. The van der Waals surface area contributed by atoms with E-state index in [1.165, 1.54) is 29.5 Å². The van der Waals surface area contributed by atoms with Crippen molar-refractivity contribution in [1.82, 2.24) is 24.7 Å². The van der Waals surface area contributed by atoms with E-state index >= 15 is 0 Å². The number of nitrogens with one attached hydrogen (secondary N) is 1. The van der Waals surface area contributed by atoms with E-state index in [4.69, 9.17) is 10.7 Å². The zero-order valence-electron chi connectivity index (χ0n) is 16.9. The Bertz CT molecular complexity index is 1190. The fourth-order valence-electron chi connectivity index (χ4n) is 4.46. The lowest BCUT2D eigenvalue weighted by molar-refractivity contribution is 0.615. The Morgan fingerprint density at radius 1 is 1.21 bits per heavy atom. The van der Waals surface area contributed by atoms with Gasteiger partial charge in [-0.25, -0.2) is 9.97 Å². The summed E-state index contributed by atoms with van der Waals surface area (Å²) in [6, 6.07) is 8.90. The molecule has 29 heavy (non-hydrogen) atoms. The van der Waals surface area contributed by atoms with Crippen molar-refractivity contribution in [3.63, 3.8) is 0 Å². The van der Waals surface area contributed by atoms with Crippen molar-refractivity contribution >= 4 is 11.2 Å². The maximum Gasteiger partial charge on any atom is 0.178 e. The van der Waals surface area contributed by atoms with Gasteiger partial charge in [-0.1, -0.05) is 24.6 Å². The predicted molar refractivity (Wildman–Crippen MR) is 115 cm³/mol. The van der Waals surface area contributed by atoms with Gasteiger partial charge in [0.25, 0.3) is 0 Å². The topological polar surface area (TPSA) is 85.4 Å². The van der Waals surface area contributed by atoms with Gasteiger partial charge in [-0.05, 0) is 55.9 Å². The molecule has 148 valence electrons. The van der Waals surface area contributed by atoms with Crippen LogP contribution in [0.3, 0.4) is 0 Å². The molecular formula is C23H26N6. The normalized spacial score (nSPS) is 16.7. The summed E-state index contributed by atoms with van der Waals surface area (Å²) in [6.07, 6.45) is 8.27. The Morgan fingerprint density at radius 2 is 2.10 bits per heavy atom. The first-order chi connectivity index (χ1) is 14.2. The average molecular weight is 387 g/mol. The van der Waals surface area contributed by atoms with Gasteiger partial charge >= 0.3 is 0 Å². The second kappa shape index (κ2) is 7.12. The largest absolute Gasteiger partial charge is 0.336 e. The van der Waals surface area contributed by atoms with Crippen LogP contribution in [0.2, 0.25) is 0 Å². The highest BCUT2D eigenvalue weighted by Gasteiger charge is 2.18. The summed E-state index contributed by atoms with van der Waals surface area (Å²) in [5.74, 6) is 0.814. The molecule has 0 spiro atoms. The fraction of sp³-hybridized carbons (Fsp3) is 0.348. The third kappa shape index (κ3) is 3.04. The molecule has 3 N–H and O–H groups in total. The molecule has 1 aliphatic carbocycles. The lowest BCUT2D eigenvalue weighted by Gasteiger charge is -2.14. The molecule has 1 atom stereocenters. The number of hydrogen-bond donors (Lipinski definition) is 2. The van der Waals surface area contributed by atoms with Crippen molar-refractivity contribution in [3.05, 3.63) is 53.5 Å². The SMILES string of the molecule is CCn1ncc(-c2nc3nccc(-c4ccc5c(c4)CCCCC5N)c3[nH]2)c1C. The fourth-order valence-corrected chi connectivity index (χ4v) is 4.46. The lowest BCUT2D eigenvalue weighted by atomic mass is 9.94. The minimum absolute atomic E-state index is 0.149. The number of rotatable bonds is 3. The molecule has 6 nitrogen and oxygen atoms in total. The molecule has 0 amide bonds. The molecule has 1 aliphatic rings. The standard InChI is InChI=1S/C23H26N6/c1-3-29-14(2)19(13-26-29)22-27-21-18(10-11-25-23(21)28-22)16-8-9-17-15(12-16)6-4-5-7-20(17)24/h8-13,20H,3-7,24H2,1-2H3,(H,25,27,28). The Hall–Kier alpha value is -2.99. The van der Waals surface area contributed by atoms with Crippen molar-refractivity contribution in [1.29, 1.82) is 0 Å². The maximum atomic E-state index is 6.39. The smallest absolute Gasteiger partial charge is 0.178 e. The number of aromatic nitrogens is 5. The van der Waals surface area contributed by atoms with Gasteiger partial charge in [0.2, 0.25) is 0 Å². The van der Waals surface area contributed by atoms with Gasteiger partial charge in [-0.2, -0.15) is 5.10 Å². The summed E-state index contributed by atoms with van der Waals surface area (Å²) in [5, 5.41) is 4.45. The van der Waals surface area contributed by atoms with Crippen molar-refractivity contribution in [2.45, 2.75) is 52.1 Å². The molecule has 1 unspecified atom stereocenters. The van der Waals surface area contributed by atoms with Crippen LogP contribution in [0.5, 0.6) is 0 Å². The van der Waals surface area contributed by atoms with Crippen LogP contribution in [-0.4, -0.2) is 24.7 Å². The number of hydrogen-bond acceptors (Lipinski definition) is 4. The van der Waals surface area contributed by atoms with Gasteiger partial charge in [0.15, 0.2) is 5.65 Å². The number of nitrogens with two attached hydrogens (primary N) is 1. The molecule has 0 fully saturated rings. The van der Waals surface area contributed by atoms with Crippen molar-refractivity contribution in [3.8, 4) is 22.5 Å². The Kier molecular flexibility index (Phi) is 4.43. The summed E-state index contributed by atoms with van der Waals surface area (Å²) < 4.78 is 1.98. The van der Waals surface area contributed by atoms with Crippen molar-refractivity contribution in [2.24, 2.45) is 5.73 Å². The number of imidazole rings is 1. The molecule has 3 heterocycles. The summed E-state index contributed by atoms with van der Waals surface area (Å²) in [6.45, 7) is 5.00. The molecular weight excluding hydrogens is 360 g/mol. The molecule has 3 aromatic heterocycles. The maximum absolute atomic E-state index is 6.39. The molecule has 0 saturated carbocycles. The van der Waals surface area contributed by atoms with Crippen LogP contribution in [0.4, 0.5) is 0 Å². The molecule has 4 aromatic rings. The van der Waals surface area contributed by atoms with E-state index in [1.54, 1.807) is 0 Å². The second-order valence-electron chi connectivity index (χ2n) is 7.87. The lowest BCUT2D eigenvalue weighted by Crippen LogP contribution is -2.10. The highest BCUT2D eigenvalue weighted by molar-refractivity contribution is 5.91. The molecule has 0 aliphatic heterocycles. The molecule has 5 rings (SSSR count). The van der Waals surface area contributed by atoms with Crippen LogP contribution >= 0.6 is 0 Å². The van der Waals surface area contributed by atoms with E-state index in [2.05, 4.69) is 53.2 Å². The van der Waals surface area contributed by atoms with Crippen molar-refractivity contribution in [2.75, 3.05) is 0 Å². The van der Waals surface area contributed by atoms with Gasteiger partial charge in [-0.3, -0.25) is 4.68 Å². The van der Waals surface area contributed by atoms with Crippen LogP contribution in [0.25, 0.3) is 33.7 Å². The Morgan fingerprint density at radius 3 is 2.93 bits per heavy atom. The summed E-state index contributed by atoms with van der Waals surface area (Å²) in [5.41, 5.74) is 15.2. The van der Waals surface area contributed by atoms with Crippen LogP contribution in [0.15, 0.2) is 36.7 Å². The summed E-state index contributed by atoms with van der Waals surface area (Å²) in [4.78, 5) is 12.8. The van der Waals surface area contributed by atoms with E-state index in [0.29, 0.717) is 0 Å². The van der Waals surface area contributed by atoms with Crippen LogP contribution in [0.1, 0.15) is 49.0 Å². The summed E-state index contributed by atoms with van der Waals surface area (Å²) in [7, 11) is 0. The molecule has 0 radical (unpaired) electrons. The van der Waals surface area contributed by atoms with Gasteiger partial charge in [0.05, 0.1) is 17.3 Å². The zero-order valence-corrected chi connectivity index (χ0v) is 16.9. The predicted octanol–water partition coefficient (Wildman–Crippen LogP) is 4.54. The van der Waals surface area contributed by atoms with E-state index in [9.17, 15) is 0 Å². The number of fused-ring (bicyclic) bond motifs is 2. The van der Waals surface area contributed by atoms with E-state index in [1.807, 2.05) is 17.1 Å². The van der Waals surface area contributed by atoms with E-state index in [0.717, 1.165) is 53.2 Å². The van der Waals surface area contributed by atoms with Crippen LogP contribution < -0.4 is 5.73 Å². The highest BCUT2D eigenvalue weighted by Crippen LogP contribution is 2.34. The highest BCUT2D eigenvalue weighted by atomic mass is 15.3. The summed E-state index contributed by atoms with van der Waals surface area (Å²) >= 11 is 0. The minimum Gasteiger partial charge on any atom is -0.336 e. The minimum atomic E-state index is 0.149. The molecule has 0 bridgehead atoms. The molecule has 0 saturated heterocycles. The monoisotopic (exact) mass is 386 g/mol. The first kappa shape index (κ1) is 18.1. The number of benzene rings is 1. The third-order valence-corrected chi connectivity index (χ3v) is 6.11. The van der Waals surface area contributed by atoms with E-state index < -0.39 is 0 Å². The van der Waals surface area contributed by atoms with Crippen LogP contribution in [0, 0.1) is 6.92 Å². The van der Waals surface area contributed by atoms with Gasteiger partial charge in [-0.15, -0.1) is 0 Å². The first-order valence-corrected chi connectivity index (χ1v) is 10.4. The first-order valence-electron chi connectivity index (χ1n) is 10.4.